The van der Waals surface area contributed by atoms with Crippen molar-refractivity contribution in [2.45, 2.75) is 51.4 Å². The highest BCUT2D eigenvalue weighted by Gasteiger charge is 2.43. The Hall–Kier alpha value is -2.65. The van der Waals surface area contributed by atoms with Gasteiger partial charge >= 0.3 is 0 Å². The average Bonchev–Trinajstić information content (AvgIpc) is 2.74. The Morgan fingerprint density at radius 2 is 1.30 bits per heavy atom. The van der Waals surface area contributed by atoms with Crippen LogP contribution in [0.3, 0.4) is 0 Å². The van der Waals surface area contributed by atoms with Crippen LogP contribution in [0.1, 0.15) is 55.6 Å². The summed E-state index contributed by atoms with van der Waals surface area (Å²) >= 11 is 6.13. The summed E-state index contributed by atoms with van der Waals surface area (Å²) in [5.74, 6) is 0.0473. The fourth-order valence-corrected chi connectivity index (χ4v) is 5.24. The molecular formula is C26H24ClNO2. The molecule has 0 N–H and O–H groups in total. The third-order valence-corrected chi connectivity index (χ3v) is 6.72. The second-order valence-electron chi connectivity index (χ2n) is 8.43. The van der Waals surface area contributed by atoms with Crippen molar-refractivity contribution in [2.24, 2.45) is 0 Å². The number of aryl methyl sites for hydroxylation is 1. The first-order valence-corrected chi connectivity index (χ1v) is 11.1. The zero-order valence-electron chi connectivity index (χ0n) is 17.1. The van der Waals surface area contributed by atoms with Crippen LogP contribution in [0.5, 0.6) is 0 Å². The number of carbonyl (C=O) groups excluding carboxylic acids is 2. The summed E-state index contributed by atoms with van der Waals surface area (Å²) < 4.78 is 0. The first-order valence-electron chi connectivity index (χ1n) is 10.7. The Bertz CT molecular complexity index is 1050. The number of benzene rings is 2. The van der Waals surface area contributed by atoms with E-state index >= 15 is 0 Å². The highest BCUT2D eigenvalue weighted by atomic mass is 35.5. The number of carbonyl (C=O) groups is 2. The molecule has 0 amide bonds. The van der Waals surface area contributed by atoms with Crippen molar-refractivity contribution in [2.75, 3.05) is 4.90 Å². The van der Waals surface area contributed by atoms with Crippen molar-refractivity contribution in [3.8, 4) is 0 Å². The van der Waals surface area contributed by atoms with Crippen LogP contribution in [-0.4, -0.2) is 11.6 Å². The lowest BCUT2D eigenvalue weighted by molar-refractivity contribution is -0.116. The van der Waals surface area contributed by atoms with Gasteiger partial charge in [-0.2, -0.15) is 0 Å². The molecule has 5 rings (SSSR count). The van der Waals surface area contributed by atoms with Crippen LogP contribution in [0, 0.1) is 6.92 Å². The van der Waals surface area contributed by atoms with Gasteiger partial charge in [0.1, 0.15) is 0 Å². The lowest BCUT2D eigenvalue weighted by Crippen LogP contribution is -2.39. The molecule has 2 aromatic carbocycles. The molecule has 2 aliphatic carbocycles. The molecule has 0 saturated carbocycles. The summed E-state index contributed by atoms with van der Waals surface area (Å²) in [6.07, 6.45) is 4.49. The predicted octanol–water partition coefficient (Wildman–Crippen LogP) is 6.27. The summed E-state index contributed by atoms with van der Waals surface area (Å²) in [7, 11) is 0. The van der Waals surface area contributed by atoms with Gasteiger partial charge < -0.3 is 4.90 Å². The molecule has 152 valence electrons. The van der Waals surface area contributed by atoms with E-state index in [0.717, 1.165) is 59.5 Å². The Morgan fingerprint density at radius 3 is 1.83 bits per heavy atom. The second kappa shape index (κ2) is 7.55. The second-order valence-corrected chi connectivity index (χ2v) is 8.87. The minimum absolute atomic E-state index is 0.165. The quantitative estimate of drug-likeness (QED) is 0.578. The molecule has 1 aliphatic heterocycles. The van der Waals surface area contributed by atoms with Crippen molar-refractivity contribution in [1.29, 1.82) is 0 Å². The van der Waals surface area contributed by atoms with E-state index in [1.54, 1.807) is 0 Å². The number of hydrogen-bond donors (Lipinski definition) is 0. The van der Waals surface area contributed by atoms with Crippen LogP contribution in [0.15, 0.2) is 71.1 Å². The lowest BCUT2D eigenvalue weighted by atomic mass is 9.71. The number of hydrogen-bond acceptors (Lipinski definition) is 3. The van der Waals surface area contributed by atoms with E-state index in [0.29, 0.717) is 17.9 Å². The Kier molecular flexibility index (Phi) is 4.86. The van der Waals surface area contributed by atoms with Gasteiger partial charge in [-0.3, -0.25) is 9.59 Å². The molecule has 3 nitrogen and oxygen atoms in total. The molecule has 3 aliphatic rings. The molecule has 0 saturated heterocycles. The zero-order chi connectivity index (χ0) is 20.8. The molecule has 1 heterocycles. The number of rotatable bonds is 2. The Morgan fingerprint density at radius 1 is 0.767 bits per heavy atom. The molecule has 0 spiro atoms. The van der Waals surface area contributed by atoms with E-state index in [1.165, 1.54) is 5.56 Å². The largest absolute Gasteiger partial charge is 0.317 e. The number of Topliss-reactive ketones (excluding diaryl/α,β-unsaturated/α-hetero) is 2. The summed E-state index contributed by atoms with van der Waals surface area (Å²) in [5, 5.41) is 0.657. The highest BCUT2D eigenvalue weighted by Crippen LogP contribution is 2.50. The first-order chi connectivity index (χ1) is 14.5. The average molecular weight is 418 g/mol. The van der Waals surface area contributed by atoms with E-state index < -0.39 is 0 Å². The number of nitrogens with zero attached hydrogens (tertiary/aromatic N) is 1. The maximum atomic E-state index is 13.2. The number of allylic oxidation sites excluding steroid dienone is 4. The third-order valence-electron chi connectivity index (χ3n) is 6.47. The van der Waals surface area contributed by atoms with Crippen LogP contribution >= 0.6 is 11.6 Å². The van der Waals surface area contributed by atoms with Gasteiger partial charge in [0.15, 0.2) is 11.6 Å². The monoisotopic (exact) mass is 417 g/mol. The van der Waals surface area contributed by atoms with Gasteiger partial charge in [-0.25, -0.2) is 0 Å². The van der Waals surface area contributed by atoms with Crippen LogP contribution in [0.4, 0.5) is 5.69 Å². The maximum Gasteiger partial charge on any atom is 0.161 e. The molecule has 0 atom stereocenters. The molecule has 0 bridgehead atoms. The van der Waals surface area contributed by atoms with E-state index in [9.17, 15) is 9.59 Å². The predicted molar refractivity (Wildman–Crippen MR) is 120 cm³/mol. The van der Waals surface area contributed by atoms with Gasteiger partial charge in [-0.1, -0.05) is 41.4 Å². The van der Waals surface area contributed by atoms with Gasteiger partial charge in [0, 0.05) is 52.0 Å². The third kappa shape index (κ3) is 3.13. The van der Waals surface area contributed by atoms with Gasteiger partial charge in [0.05, 0.1) is 0 Å². The van der Waals surface area contributed by atoms with E-state index in [4.69, 9.17) is 11.6 Å². The van der Waals surface area contributed by atoms with E-state index in [2.05, 4.69) is 36.1 Å². The standard InChI is InChI=1S/C26H24ClNO2/c1-16-8-14-19(15-9-16)28-20-4-2-6-22(29)25(20)24(17-10-12-18(27)13-11-17)26-21(28)5-3-7-23(26)30/h8-15,24H,2-7H2,1H3. The van der Waals surface area contributed by atoms with Gasteiger partial charge in [0.25, 0.3) is 0 Å². The molecule has 2 aromatic rings. The summed E-state index contributed by atoms with van der Waals surface area (Å²) in [4.78, 5) is 28.7. The molecule has 0 unspecified atom stereocenters. The summed E-state index contributed by atoms with van der Waals surface area (Å²) in [6.45, 7) is 2.07. The fraction of sp³-hybridized carbons (Fsp3) is 0.308. The van der Waals surface area contributed by atoms with E-state index in [1.807, 2.05) is 24.3 Å². The van der Waals surface area contributed by atoms with Crippen molar-refractivity contribution in [1.82, 2.24) is 0 Å². The Labute approximate surface area is 182 Å². The Balaban J connectivity index is 1.77. The minimum Gasteiger partial charge on any atom is -0.317 e. The van der Waals surface area contributed by atoms with E-state index in [-0.39, 0.29) is 17.5 Å². The van der Waals surface area contributed by atoms with Gasteiger partial charge in [0.2, 0.25) is 0 Å². The van der Waals surface area contributed by atoms with Crippen molar-refractivity contribution >= 4 is 28.9 Å². The molecular weight excluding hydrogens is 394 g/mol. The molecule has 0 radical (unpaired) electrons. The lowest BCUT2D eigenvalue weighted by Gasteiger charge is -2.44. The van der Waals surface area contributed by atoms with Crippen LogP contribution in [0.25, 0.3) is 0 Å². The zero-order valence-corrected chi connectivity index (χ0v) is 17.8. The maximum absolute atomic E-state index is 13.2. The molecule has 0 fully saturated rings. The van der Waals surface area contributed by atoms with Crippen molar-refractivity contribution in [3.05, 3.63) is 87.2 Å². The first kappa shape index (κ1) is 19.3. The fourth-order valence-electron chi connectivity index (χ4n) is 5.11. The molecule has 0 aromatic heterocycles. The van der Waals surface area contributed by atoms with Crippen molar-refractivity contribution in [3.63, 3.8) is 0 Å². The van der Waals surface area contributed by atoms with Gasteiger partial charge in [-0.05, 0) is 62.4 Å². The smallest absolute Gasteiger partial charge is 0.161 e. The SMILES string of the molecule is Cc1ccc(N2C3=C(C(=O)CCC3)C(c3ccc(Cl)cc3)C3=C2CCCC3=O)cc1. The normalized spacial score (nSPS) is 19.9. The number of anilines is 1. The van der Waals surface area contributed by atoms with Crippen LogP contribution in [0.2, 0.25) is 5.02 Å². The number of ketones is 2. The van der Waals surface area contributed by atoms with Crippen LogP contribution in [-0.2, 0) is 9.59 Å². The van der Waals surface area contributed by atoms with Gasteiger partial charge in [-0.15, -0.1) is 0 Å². The van der Waals surface area contributed by atoms with Crippen molar-refractivity contribution < 1.29 is 9.59 Å². The number of halogens is 1. The topological polar surface area (TPSA) is 37.4 Å². The molecule has 30 heavy (non-hydrogen) atoms. The highest BCUT2D eigenvalue weighted by molar-refractivity contribution is 6.30. The minimum atomic E-state index is -0.283. The summed E-state index contributed by atoms with van der Waals surface area (Å²) in [6, 6.07) is 16.0. The van der Waals surface area contributed by atoms with Crippen LogP contribution < -0.4 is 4.90 Å². The summed E-state index contributed by atoms with van der Waals surface area (Å²) in [5.41, 5.74) is 6.97. The molecule has 4 heteroatoms.